The number of thiophene rings is 1. The van der Waals surface area contributed by atoms with Gasteiger partial charge in [0.1, 0.15) is 0 Å². The van der Waals surface area contributed by atoms with Gasteiger partial charge in [-0.1, -0.05) is 60.1 Å². The number of amides is 1. The maximum atomic E-state index is 13.5. The van der Waals surface area contributed by atoms with E-state index in [-0.39, 0.29) is 29.8 Å². The van der Waals surface area contributed by atoms with E-state index in [1.54, 1.807) is 40.5 Å². The summed E-state index contributed by atoms with van der Waals surface area (Å²) in [5.74, 6) is -0.142. The molecule has 0 aliphatic heterocycles. The smallest absolute Gasteiger partial charge is 0.243 e. The number of rotatable bonds is 10. The second-order valence-electron chi connectivity index (χ2n) is 8.39. The zero-order valence-electron chi connectivity index (χ0n) is 19.1. The Hall–Kier alpha value is -2.00. The molecule has 0 radical (unpaired) electrons. The first kappa shape index (κ1) is 25.6. The Kier molecular flexibility index (Phi) is 8.87. The van der Waals surface area contributed by atoms with Gasteiger partial charge in [0.2, 0.25) is 15.9 Å². The molecule has 1 heterocycles. The van der Waals surface area contributed by atoms with Crippen LogP contribution in [0.1, 0.15) is 29.2 Å². The van der Waals surface area contributed by atoms with Crippen molar-refractivity contribution in [3.8, 4) is 0 Å². The predicted molar refractivity (Wildman–Crippen MR) is 137 cm³/mol. The molecule has 33 heavy (non-hydrogen) atoms. The third-order valence-corrected chi connectivity index (χ3v) is 8.38. The van der Waals surface area contributed by atoms with Crippen LogP contribution in [0.4, 0.5) is 0 Å². The predicted octanol–water partition coefficient (Wildman–Crippen LogP) is 5.69. The maximum absolute atomic E-state index is 13.5. The van der Waals surface area contributed by atoms with Crippen molar-refractivity contribution in [2.24, 2.45) is 5.92 Å². The van der Waals surface area contributed by atoms with Crippen molar-refractivity contribution in [2.45, 2.75) is 38.8 Å². The van der Waals surface area contributed by atoms with Crippen LogP contribution in [0, 0.1) is 12.8 Å². The molecule has 0 spiro atoms. The second-order valence-corrected chi connectivity index (χ2v) is 12.6. The lowest BCUT2D eigenvalue weighted by molar-refractivity contribution is -0.132. The molecule has 5 nitrogen and oxygen atoms in total. The average molecular weight is 550 g/mol. The van der Waals surface area contributed by atoms with Crippen molar-refractivity contribution < 1.29 is 13.2 Å². The highest BCUT2D eigenvalue weighted by Crippen LogP contribution is 2.22. The first-order chi connectivity index (χ1) is 15.6. The van der Waals surface area contributed by atoms with E-state index in [1.807, 2.05) is 63.2 Å². The SMILES string of the molecule is Cc1ccc(CN(Cc2ccccc2)C(=O)CN(CC(C)C)S(=O)(=O)c2ccc(Br)cc2)s1. The Bertz CT molecular complexity index is 1160. The van der Waals surface area contributed by atoms with E-state index in [0.717, 1.165) is 14.9 Å². The fourth-order valence-corrected chi connectivity index (χ4v) is 6.18. The van der Waals surface area contributed by atoms with Crippen molar-refractivity contribution in [1.29, 1.82) is 0 Å². The summed E-state index contributed by atoms with van der Waals surface area (Å²) >= 11 is 4.99. The zero-order chi connectivity index (χ0) is 24.0. The molecule has 0 bridgehead atoms. The van der Waals surface area contributed by atoms with E-state index in [0.29, 0.717) is 13.1 Å². The zero-order valence-corrected chi connectivity index (χ0v) is 22.3. The number of hydrogen-bond acceptors (Lipinski definition) is 4. The summed E-state index contributed by atoms with van der Waals surface area (Å²) in [6.07, 6.45) is 0. The van der Waals surface area contributed by atoms with Gasteiger partial charge in [-0.05, 0) is 54.8 Å². The number of aryl methyl sites for hydroxylation is 1. The minimum absolute atomic E-state index is 0.0746. The normalized spacial score (nSPS) is 11.8. The van der Waals surface area contributed by atoms with Crippen molar-refractivity contribution in [3.63, 3.8) is 0 Å². The van der Waals surface area contributed by atoms with Crippen LogP contribution in [0.25, 0.3) is 0 Å². The minimum atomic E-state index is -3.82. The Labute approximate surface area is 209 Å². The summed E-state index contributed by atoms with van der Waals surface area (Å²) in [5, 5.41) is 0. The lowest BCUT2D eigenvalue weighted by atomic mass is 10.2. The Balaban J connectivity index is 1.87. The third-order valence-electron chi connectivity index (χ3n) is 5.04. The summed E-state index contributed by atoms with van der Waals surface area (Å²) in [5.41, 5.74) is 1.00. The van der Waals surface area contributed by atoms with Crippen LogP contribution in [0.3, 0.4) is 0 Å². The lowest BCUT2D eigenvalue weighted by Gasteiger charge is -2.28. The largest absolute Gasteiger partial charge is 0.332 e. The molecule has 3 rings (SSSR count). The highest BCUT2D eigenvalue weighted by atomic mass is 79.9. The van der Waals surface area contributed by atoms with Gasteiger partial charge in [0, 0.05) is 27.3 Å². The van der Waals surface area contributed by atoms with E-state index in [4.69, 9.17) is 0 Å². The second kappa shape index (κ2) is 11.4. The van der Waals surface area contributed by atoms with Crippen LogP contribution in [0.5, 0.6) is 0 Å². The monoisotopic (exact) mass is 548 g/mol. The molecule has 176 valence electrons. The minimum Gasteiger partial charge on any atom is -0.332 e. The highest BCUT2D eigenvalue weighted by Gasteiger charge is 2.29. The van der Waals surface area contributed by atoms with Gasteiger partial charge >= 0.3 is 0 Å². The molecular formula is C25H29BrN2O3S2. The molecule has 0 saturated heterocycles. The number of halogens is 1. The third kappa shape index (κ3) is 7.24. The topological polar surface area (TPSA) is 57.7 Å². The maximum Gasteiger partial charge on any atom is 0.243 e. The molecule has 8 heteroatoms. The number of sulfonamides is 1. The summed E-state index contributed by atoms with van der Waals surface area (Å²) in [6, 6.07) is 20.4. The molecule has 0 N–H and O–H groups in total. The van der Waals surface area contributed by atoms with E-state index >= 15 is 0 Å². The molecular weight excluding hydrogens is 520 g/mol. The van der Waals surface area contributed by atoms with Crippen molar-refractivity contribution in [3.05, 3.63) is 86.5 Å². The Morgan fingerprint density at radius 1 is 0.970 bits per heavy atom. The van der Waals surface area contributed by atoms with Crippen molar-refractivity contribution >= 4 is 43.2 Å². The van der Waals surface area contributed by atoms with Gasteiger partial charge in [-0.15, -0.1) is 11.3 Å². The number of benzene rings is 2. The van der Waals surface area contributed by atoms with Gasteiger partial charge in [0.25, 0.3) is 0 Å². The standard InChI is InChI=1S/C25H29BrN2O3S2/c1-19(2)15-28(33(30,31)24-13-10-22(26)11-14-24)18-25(29)27(16-21-7-5-4-6-8-21)17-23-12-9-20(3)32-23/h4-14,19H,15-18H2,1-3H3. The molecule has 0 atom stereocenters. The van der Waals surface area contributed by atoms with E-state index < -0.39 is 10.0 Å². The molecule has 2 aromatic carbocycles. The van der Waals surface area contributed by atoms with Gasteiger partial charge in [-0.3, -0.25) is 4.79 Å². The van der Waals surface area contributed by atoms with Gasteiger partial charge in [0.15, 0.2) is 0 Å². The molecule has 1 aromatic heterocycles. The molecule has 3 aromatic rings. The molecule has 1 amide bonds. The van der Waals surface area contributed by atoms with E-state index in [1.165, 1.54) is 9.18 Å². The molecule has 0 aliphatic carbocycles. The van der Waals surface area contributed by atoms with Crippen LogP contribution in [-0.2, 0) is 27.9 Å². The number of hydrogen-bond donors (Lipinski definition) is 0. The number of carbonyl (C=O) groups is 1. The molecule has 0 fully saturated rings. The summed E-state index contributed by atoms with van der Waals surface area (Å²) < 4.78 is 28.9. The quantitative estimate of drug-likeness (QED) is 0.326. The van der Waals surface area contributed by atoms with Gasteiger partial charge in [0.05, 0.1) is 18.0 Å². The van der Waals surface area contributed by atoms with Crippen LogP contribution >= 0.6 is 27.3 Å². The molecule has 0 aliphatic rings. The van der Waals surface area contributed by atoms with Crippen LogP contribution in [0.15, 0.2) is 76.1 Å². The highest BCUT2D eigenvalue weighted by molar-refractivity contribution is 9.10. The molecule has 0 saturated carbocycles. The van der Waals surface area contributed by atoms with Crippen LogP contribution in [0.2, 0.25) is 0 Å². The van der Waals surface area contributed by atoms with Gasteiger partial charge in [-0.25, -0.2) is 8.42 Å². The van der Waals surface area contributed by atoms with Gasteiger partial charge < -0.3 is 4.90 Å². The summed E-state index contributed by atoms with van der Waals surface area (Å²) in [7, 11) is -3.82. The first-order valence-corrected chi connectivity index (χ1v) is 13.8. The van der Waals surface area contributed by atoms with E-state index in [2.05, 4.69) is 15.9 Å². The van der Waals surface area contributed by atoms with Crippen LogP contribution in [-0.4, -0.2) is 36.6 Å². The summed E-state index contributed by atoms with van der Waals surface area (Å²) in [6.45, 7) is 6.86. The van der Waals surface area contributed by atoms with Gasteiger partial charge in [-0.2, -0.15) is 4.31 Å². The van der Waals surface area contributed by atoms with Crippen molar-refractivity contribution in [2.75, 3.05) is 13.1 Å². The average Bonchev–Trinajstić information content (AvgIpc) is 3.18. The molecule has 0 unspecified atom stereocenters. The van der Waals surface area contributed by atoms with E-state index in [9.17, 15) is 13.2 Å². The number of nitrogens with zero attached hydrogens (tertiary/aromatic N) is 2. The number of carbonyl (C=O) groups excluding carboxylic acids is 1. The van der Waals surface area contributed by atoms with Crippen molar-refractivity contribution in [1.82, 2.24) is 9.21 Å². The Morgan fingerprint density at radius 3 is 2.21 bits per heavy atom. The summed E-state index contributed by atoms with van der Waals surface area (Å²) in [4.78, 5) is 17.7. The fraction of sp³-hybridized carbons (Fsp3) is 0.320. The van der Waals surface area contributed by atoms with Crippen LogP contribution < -0.4 is 0 Å². The Morgan fingerprint density at radius 2 is 1.64 bits per heavy atom. The fourth-order valence-electron chi connectivity index (χ4n) is 3.46. The first-order valence-electron chi connectivity index (χ1n) is 10.8. The lowest BCUT2D eigenvalue weighted by Crippen LogP contribution is -2.43.